The van der Waals surface area contributed by atoms with Crippen molar-refractivity contribution in [1.29, 1.82) is 0 Å². The first-order chi connectivity index (χ1) is 16.3. The van der Waals surface area contributed by atoms with Gasteiger partial charge in [-0.05, 0) is 57.5 Å². The third-order valence-electron chi connectivity index (χ3n) is 6.60. The average molecular weight is 509 g/mol. The predicted octanol–water partition coefficient (Wildman–Crippen LogP) is 3.17. The lowest BCUT2D eigenvalue weighted by Crippen LogP contribution is -2.59. The van der Waals surface area contributed by atoms with E-state index in [0.29, 0.717) is 22.6 Å². The number of aromatic nitrogens is 1. The molecule has 3 heterocycles. The van der Waals surface area contributed by atoms with Crippen LogP contribution >= 0.6 is 0 Å². The van der Waals surface area contributed by atoms with E-state index in [1.807, 2.05) is 0 Å². The number of benzene rings is 1. The largest absolute Gasteiger partial charge is 0.493 e. The van der Waals surface area contributed by atoms with E-state index in [-0.39, 0.29) is 30.3 Å². The molecule has 0 bridgehead atoms. The topological polar surface area (TPSA) is 133 Å². The third-order valence-corrected chi connectivity index (χ3v) is 9.67. The average Bonchev–Trinajstić information content (AvgIpc) is 2.89. The Labute approximate surface area is 201 Å². The number of aryl methyl sites for hydroxylation is 1. The van der Waals surface area contributed by atoms with Crippen LogP contribution in [0.5, 0.6) is 11.5 Å². The van der Waals surface area contributed by atoms with Crippen LogP contribution in [0.25, 0.3) is 0 Å². The molecule has 0 saturated carbocycles. The molecular formula is C23H26F2N4O5S. The number of pyridine rings is 1. The summed E-state index contributed by atoms with van der Waals surface area (Å²) in [6.07, 6.45) is 1.27. The van der Waals surface area contributed by atoms with Crippen molar-refractivity contribution in [3.8, 4) is 11.5 Å². The summed E-state index contributed by atoms with van der Waals surface area (Å²) in [4.78, 5) is 21.5. The molecule has 1 aromatic heterocycles. The number of ether oxygens (including phenoxy) is 2. The minimum Gasteiger partial charge on any atom is -0.493 e. The second-order valence-electron chi connectivity index (χ2n) is 9.21. The summed E-state index contributed by atoms with van der Waals surface area (Å²) >= 11 is 0. The molecule has 1 amide bonds. The fourth-order valence-electron chi connectivity index (χ4n) is 4.48. The van der Waals surface area contributed by atoms with Gasteiger partial charge in [-0.3, -0.25) is 9.79 Å². The number of halogens is 2. The number of sulfone groups is 1. The minimum absolute atomic E-state index is 0.00414. The minimum atomic E-state index is -3.73. The number of rotatable bonds is 4. The normalized spacial score (nSPS) is 24.3. The maximum atomic E-state index is 13.5. The van der Waals surface area contributed by atoms with Gasteiger partial charge in [0, 0.05) is 17.7 Å². The lowest BCUT2D eigenvalue weighted by atomic mass is 9.86. The molecule has 9 nitrogen and oxygen atoms in total. The Morgan fingerprint density at radius 3 is 2.66 bits per heavy atom. The molecule has 0 saturated heterocycles. The molecule has 0 spiro atoms. The van der Waals surface area contributed by atoms with Crippen molar-refractivity contribution in [3.05, 3.63) is 47.3 Å². The number of amidine groups is 1. The van der Waals surface area contributed by atoms with Gasteiger partial charge < -0.3 is 20.5 Å². The van der Waals surface area contributed by atoms with Crippen LogP contribution in [0.1, 0.15) is 48.8 Å². The fraction of sp³-hybridized carbons (Fsp3) is 0.435. The molecule has 2 aromatic rings. The van der Waals surface area contributed by atoms with E-state index in [0.717, 1.165) is 6.20 Å². The Morgan fingerprint density at radius 1 is 1.29 bits per heavy atom. The number of nitrogens with one attached hydrogen (secondary N) is 1. The van der Waals surface area contributed by atoms with Crippen LogP contribution in [0.4, 0.5) is 14.5 Å². The van der Waals surface area contributed by atoms with E-state index in [1.165, 1.54) is 19.9 Å². The molecule has 1 aromatic carbocycles. The van der Waals surface area contributed by atoms with Crippen molar-refractivity contribution in [1.82, 2.24) is 4.98 Å². The first-order valence-corrected chi connectivity index (χ1v) is 12.4. The van der Waals surface area contributed by atoms with Gasteiger partial charge in [0.05, 0.1) is 18.1 Å². The molecule has 4 rings (SSSR count). The van der Waals surface area contributed by atoms with Gasteiger partial charge in [-0.2, -0.15) is 8.78 Å². The zero-order valence-corrected chi connectivity index (χ0v) is 20.4. The Hall–Kier alpha value is -3.28. The maximum Gasteiger partial charge on any atom is 0.387 e. The highest BCUT2D eigenvalue weighted by molar-refractivity contribution is 7.94. The number of anilines is 1. The van der Waals surface area contributed by atoms with E-state index < -0.39 is 37.9 Å². The van der Waals surface area contributed by atoms with Crippen molar-refractivity contribution < 1.29 is 31.5 Å². The van der Waals surface area contributed by atoms with Gasteiger partial charge >= 0.3 is 6.61 Å². The van der Waals surface area contributed by atoms with Crippen molar-refractivity contribution >= 4 is 27.3 Å². The molecule has 3 N–H and O–H groups in total. The molecule has 0 fully saturated rings. The Bertz CT molecular complexity index is 1330. The highest BCUT2D eigenvalue weighted by Crippen LogP contribution is 2.48. The van der Waals surface area contributed by atoms with E-state index in [9.17, 15) is 22.0 Å². The molecule has 12 heteroatoms. The molecular weight excluding hydrogens is 482 g/mol. The Kier molecular flexibility index (Phi) is 5.98. The van der Waals surface area contributed by atoms with Gasteiger partial charge in [0.2, 0.25) is 0 Å². The van der Waals surface area contributed by atoms with Crippen molar-refractivity contribution in [2.24, 2.45) is 10.7 Å². The lowest BCUT2D eigenvalue weighted by molar-refractivity contribution is -0.0501. The summed E-state index contributed by atoms with van der Waals surface area (Å²) in [5.41, 5.74) is 6.09. The van der Waals surface area contributed by atoms with Crippen molar-refractivity contribution in [3.63, 3.8) is 0 Å². The Balaban J connectivity index is 1.71. The fourth-order valence-corrected chi connectivity index (χ4v) is 6.72. The van der Waals surface area contributed by atoms with E-state index in [4.69, 9.17) is 10.5 Å². The van der Waals surface area contributed by atoms with Crippen molar-refractivity contribution in [2.45, 2.75) is 56.3 Å². The van der Waals surface area contributed by atoms with Crippen LogP contribution in [-0.2, 0) is 15.4 Å². The van der Waals surface area contributed by atoms with Crippen molar-refractivity contribution in [2.75, 3.05) is 11.9 Å². The van der Waals surface area contributed by atoms with Crippen LogP contribution in [0.15, 0.2) is 35.5 Å². The predicted molar refractivity (Wildman–Crippen MR) is 126 cm³/mol. The smallest absolute Gasteiger partial charge is 0.387 e. The van der Waals surface area contributed by atoms with Gasteiger partial charge in [0.25, 0.3) is 5.91 Å². The van der Waals surface area contributed by atoms with E-state index in [1.54, 1.807) is 32.0 Å². The summed E-state index contributed by atoms with van der Waals surface area (Å²) in [7, 11) is -3.73. The molecule has 2 aliphatic rings. The van der Waals surface area contributed by atoms with Crippen LogP contribution in [-0.4, -0.2) is 48.4 Å². The van der Waals surface area contributed by atoms with Gasteiger partial charge in [0.1, 0.15) is 33.3 Å². The molecule has 0 unspecified atom stereocenters. The molecule has 2 atom stereocenters. The summed E-state index contributed by atoms with van der Waals surface area (Å²) in [6, 6.07) is 6.14. The van der Waals surface area contributed by atoms with Gasteiger partial charge in [-0.25, -0.2) is 13.4 Å². The van der Waals surface area contributed by atoms with Crippen LogP contribution in [0.3, 0.4) is 0 Å². The summed E-state index contributed by atoms with van der Waals surface area (Å²) in [5.74, 6) is -0.290. The summed E-state index contributed by atoms with van der Waals surface area (Å²) < 4.78 is 60.6. The summed E-state index contributed by atoms with van der Waals surface area (Å²) in [6.45, 7) is 3.49. The number of nitrogens with two attached hydrogens (primary N) is 1. The number of aliphatic imine (C=N–C) groups is 1. The first-order valence-electron chi connectivity index (χ1n) is 10.9. The molecule has 188 valence electrons. The molecule has 0 radical (unpaired) electrons. The zero-order valence-electron chi connectivity index (χ0n) is 19.6. The van der Waals surface area contributed by atoms with Gasteiger partial charge in [0.15, 0.2) is 9.84 Å². The second-order valence-corrected chi connectivity index (χ2v) is 11.9. The molecule has 2 aliphatic heterocycles. The maximum absolute atomic E-state index is 13.5. The van der Waals surface area contributed by atoms with Crippen LogP contribution in [0.2, 0.25) is 0 Å². The third kappa shape index (κ3) is 4.09. The van der Waals surface area contributed by atoms with E-state index in [2.05, 4.69) is 20.0 Å². The quantitative estimate of drug-likeness (QED) is 0.648. The lowest BCUT2D eigenvalue weighted by Gasteiger charge is -2.43. The van der Waals surface area contributed by atoms with E-state index >= 15 is 0 Å². The van der Waals surface area contributed by atoms with Gasteiger partial charge in [-0.1, -0.05) is 0 Å². The molecule has 0 aliphatic carbocycles. The second kappa shape index (κ2) is 8.43. The first kappa shape index (κ1) is 24.8. The number of nitrogens with zero attached hydrogens (tertiary/aromatic N) is 2. The van der Waals surface area contributed by atoms with Crippen LogP contribution < -0.4 is 20.5 Å². The number of fused-ring (bicyclic) bond motifs is 3. The zero-order chi connectivity index (χ0) is 25.8. The number of hydrogen-bond acceptors (Lipinski definition) is 8. The number of alkyl halides is 2. The molecule has 35 heavy (non-hydrogen) atoms. The number of amides is 1. The van der Waals surface area contributed by atoms with Crippen LogP contribution in [0, 0.1) is 6.92 Å². The SMILES string of the molecule is Cc1cc(OC(F)F)cnc1C(=O)Nc1ccc2c(c1)[C@@]1(C)N=C(N)C(C)(C)S(=O)(=O)[C@@H]1CCO2. The summed E-state index contributed by atoms with van der Waals surface area (Å²) in [5, 5.41) is 1.84. The standard InChI is InChI=1S/C23H26F2N4O5S/c1-12-9-14(34-21(24)25)11-27-18(12)19(30)28-13-5-6-16-15(10-13)23(4)17(7-8-33-16)35(31,32)22(2,3)20(26)29-23/h5-6,9-11,17,21H,7-8H2,1-4H3,(H2,26,29)(H,28,30)/t17-,23-/m1/s1. The monoisotopic (exact) mass is 508 g/mol. The number of hydrogen-bond donors (Lipinski definition) is 2. The van der Waals surface area contributed by atoms with Gasteiger partial charge in [-0.15, -0.1) is 0 Å². The Morgan fingerprint density at radius 2 is 2.00 bits per heavy atom. The highest BCUT2D eigenvalue weighted by Gasteiger charge is 2.57. The number of carbonyl (C=O) groups excluding carboxylic acids is 1. The number of carbonyl (C=O) groups is 1. The highest BCUT2D eigenvalue weighted by atomic mass is 32.2.